The number of carbonyl (C=O) groups is 1. The van der Waals surface area contributed by atoms with Crippen LogP contribution in [0.4, 0.5) is 5.82 Å². The van der Waals surface area contributed by atoms with Crippen molar-refractivity contribution in [3.8, 4) is 0 Å². The van der Waals surface area contributed by atoms with E-state index >= 15 is 0 Å². The first kappa shape index (κ1) is 14.6. The maximum absolute atomic E-state index is 11.2. The van der Waals surface area contributed by atoms with Gasteiger partial charge in [0.25, 0.3) is 0 Å². The Hall–Kier alpha value is -1.42. The topological polar surface area (TPSA) is 53.4 Å². The lowest BCUT2D eigenvalue weighted by Crippen LogP contribution is -2.30. The van der Waals surface area contributed by atoms with E-state index in [2.05, 4.69) is 11.9 Å². The first-order valence-electron chi connectivity index (χ1n) is 6.28. The highest BCUT2D eigenvalue weighted by Crippen LogP contribution is 2.20. The number of pyridine rings is 1. The molecule has 0 unspecified atom stereocenters. The van der Waals surface area contributed by atoms with Crippen LogP contribution in [0.1, 0.15) is 39.7 Å². The van der Waals surface area contributed by atoms with E-state index in [9.17, 15) is 9.90 Å². The molecule has 1 rings (SSSR count). The number of Topliss-reactive ketones (excluding diaryl/α,β-unsaturated/α-hetero) is 1. The van der Waals surface area contributed by atoms with Gasteiger partial charge in [0.1, 0.15) is 11.6 Å². The molecule has 0 radical (unpaired) electrons. The Morgan fingerprint density at radius 3 is 2.50 bits per heavy atom. The van der Waals surface area contributed by atoms with Gasteiger partial charge in [0.2, 0.25) is 0 Å². The van der Waals surface area contributed by atoms with E-state index in [0.29, 0.717) is 6.54 Å². The number of aromatic nitrogens is 1. The molecule has 0 spiro atoms. The number of hydrogen-bond donors (Lipinski definition) is 1. The molecule has 0 aromatic carbocycles. The minimum absolute atomic E-state index is 0.122. The fraction of sp³-hybridized carbons (Fsp3) is 0.571. The van der Waals surface area contributed by atoms with E-state index in [1.54, 1.807) is 27.0 Å². The fourth-order valence-electron chi connectivity index (χ4n) is 1.75. The van der Waals surface area contributed by atoms with Gasteiger partial charge in [-0.25, -0.2) is 4.98 Å². The molecule has 0 amide bonds. The molecule has 1 N–H and O–H groups in total. The molecule has 0 saturated heterocycles. The SMILES string of the molecule is CCCN(CC(C)=O)c1ccc(C(C)(C)O)cn1. The predicted octanol–water partition coefficient (Wildman–Crippen LogP) is 2.11. The monoisotopic (exact) mass is 250 g/mol. The predicted molar refractivity (Wildman–Crippen MR) is 72.7 cm³/mol. The van der Waals surface area contributed by atoms with E-state index < -0.39 is 5.60 Å². The quantitative estimate of drug-likeness (QED) is 0.840. The van der Waals surface area contributed by atoms with Crippen LogP contribution in [-0.4, -0.2) is 29.0 Å². The van der Waals surface area contributed by atoms with Crippen LogP contribution < -0.4 is 4.90 Å². The van der Waals surface area contributed by atoms with E-state index in [1.807, 2.05) is 17.0 Å². The van der Waals surface area contributed by atoms with Gasteiger partial charge < -0.3 is 10.0 Å². The highest BCUT2D eigenvalue weighted by atomic mass is 16.3. The van der Waals surface area contributed by atoms with E-state index in [0.717, 1.165) is 24.3 Å². The minimum Gasteiger partial charge on any atom is -0.386 e. The number of carbonyl (C=O) groups excluding carboxylic acids is 1. The number of anilines is 1. The summed E-state index contributed by atoms with van der Waals surface area (Å²) in [5, 5.41) is 9.86. The Labute approximate surface area is 109 Å². The van der Waals surface area contributed by atoms with Gasteiger partial charge in [0.05, 0.1) is 12.1 Å². The molecule has 1 aromatic heterocycles. The van der Waals surface area contributed by atoms with Gasteiger partial charge in [0.15, 0.2) is 0 Å². The van der Waals surface area contributed by atoms with Crippen LogP contribution in [0.25, 0.3) is 0 Å². The summed E-state index contributed by atoms with van der Waals surface area (Å²) >= 11 is 0. The Bertz CT molecular complexity index is 393. The van der Waals surface area contributed by atoms with Crippen molar-refractivity contribution in [2.45, 2.75) is 39.7 Å². The van der Waals surface area contributed by atoms with Crippen molar-refractivity contribution in [2.24, 2.45) is 0 Å². The highest BCUT2D eigenvalue weighted by Gasteiger charge is 2.17. The molecule has 0 atom stereocenters. The van der Waals surface area contributed by atoms with Crippen molar-refractivity contribution in [3.63, 3.8) is 0 Å². The summed E-state index contributed by atoms with van der Waals surface area (Å²) in [6.07, 6.45) is 2.63. The lowest BCUT2D eigenvalue weighted by molar-refractivity contribution is -0.115. The summed E-state index contributed by atoms with van der Waals surface area (Å²) in [5.41, 5.74) is -0.118. The van der Waals surface area contributed by atoms with Crippen LogP contribution in [0.2, 0.25) is 0 Å². The molecule has 1 aromatic rings. The van der Waals surface area contributed by atoms with Crippen LogP contribution in [0.5, 0.6) is 0 Å². The lowest BCUT2D eigenvalue weighted by atomic mass is 10.0. The maximum Gasteiger partial charge on any atom is 0.149 e. The maximum atomic E-state index is 11.2. The zero-order valence-electron chi connectivity index (χ0n) is 11.6. The number of rotatable bonds is 6. The highest BCUT2D eigenvalue weighted by molar-refractivity contribution is 5.80. The largest absolute Gasteiger partial charge is 0.386 e. The summed E-state index contributed by atoms with van der Waals surface area (Å²) in [4.78, 5) is 17.5. The van der Waals surface area contributed by atoms with Crippen molar-refractivity contribution in [2.75, 3.05) is 18.0 Å². The molecule has 0 aliphatic carbocycles. The summed E-state index contributed by atoms with van der Waals surface area (Å²) < 4.78 is 0. The lowest BCUT2D eigenvalue weighted by Gasteiger charge is -2.23. The second-order valence-electron chi connectivity index (χ2n) is 5.09. The summed E-state index contributed by atoms with van der Waals surface area (Å²) in [6.45, 7) is 8.27. The van der Waals surface area contributed by atoms with E-state index in [1.165, 1.54) is 0 Å². The molecule has 0 saturated carbocycles. The average molecular weight is 250 g/mol. The summed E-state index contributed by atoms with van der Waals surface area (Å²) in [5.74, 6) is 0.900. The zero-order valence-corrected chi connectivity index (χ0v) is 11.6. The number of nitrogens with zero attached hydrogens (tertiary/aromatic N) is 2. The first-order valence-corrected chi connectivity index (χ1v) is 6.28. The van der Waals surface area contributed by atoms with Crippen LogP contribution in [0.3, 0.4) is 0 Å². The van der Waals surface area contributed by atoms with Gasteiger partial charge in [-0.1, -0.05) is 13.0 Å². The number of aliphatic hydroxyl groups is 1. The first-order chi connectivity index (χ1) is 8.34. The third-order valence-electron chi connectivity index (χ3n) is 2.69. The van der Waals surface area contributed by atoms with Gasteiger partial charge in [-0.3, -0.25) is 4.79 Å². The second-order valence-corrected chi connectivity index (χ2v) is 5.09. The molecule has 18 heavy (non-hydrogen) atoms. The Kier molecular flexibility index (Phi) is 4.84. The van der Waals surface area contributed by atoms with Crippen molar-refractivity contribution < 1.29 is 9.90 Å². The minimum atomic E-state index is -0.887. The molecule has 100 valence electrons. The molecule has 0 fully saturated rings. The summed E-state index contributed by atoms with van der Waals surface area (Å²) in [6, 6.07) is 3.71. The smallest absolute Gasteiger partial charge is 0.149 e. The average Bonchev–Trinajstić information content (AvgIpc) is 2.27. The van der Waals surface area contributed by atoms with Crippen molar-refractivity contribution in [1.29, 1.82) is 0 Å². The Morgan fingerprint density at radius 1 is 1.44 bits per heavy atom. The number of ketones is 1. The van der Waals surface area contributed by atoms with Gasteiger partial charge in [-0.15, -0.1) is 0 Å². The Balaban J connectivity index is 2.90. The fourth-order valence-corrected chi connectivity index (χ4v) is 1.75. The number of hydrogen-bond acceptors (Lipinski definition) is 4. The second kappa shape index (κ2) is 5.96. The molecule has 0 aliphatic rings. The van der Waals surface area contributed by atoms with Crippen molar-refractivity contribution in [1.82, 2.24) is 4.98 Å². The van der Waals surface area contributed by atoms with Gasteiger partial charge in [-0.05, 0) is 33.3 Å². The van der Waals surface area contributed by atoms with Gasteiger partial charge in [0, 0.05) is 18.3 Å². The normalized spacial score (nSPS) is 11.4. The standard InChI is InChI=1S/C14H22N2O2/c1-5-8-16(10-11(2)17)13-7-6-12(9-15-13)14(3,4)18/h6-7,9,18H,5,8,10H2,1-4H3. The third kappa shape index (κ3) is 4.11. The van der Waals surface area contributed by atoms with Crippen molar-refractivity contribution >= 4 is 11.6 Å². The Morgan fingerprint density at radius 2 is 2.11 bits per heavy atom. The van der Waals surface area contributed by atoms with Crippen LogP contribution >= 0.6 is 0 Å². The van der Waals surface area contributed by atoms with Crippen LogP contribution in [-0.2, 0) is 10.4 Å². The summed E-state index contributed by atoms with van der Waals surface area (Å²) in [7, 11) is 0. The van der Waals surface area contributed by atoms with Gasteiger partial charge in [-0.2, -0.15) is 0 Å². The van der Waals surface area contributed by atoms with Gasteiger partial charge >= 0.3 is 0 Å². The molecular weight excluding hydrogens is 228 g/mol. The van der Waals surface area contributed by atoms with Crippen LogP contribution in [0.15, 0.2) is 18.3 Å². The third-order valence-corrected chi connectivity index (χ3v) is 2.69. The van der Waals surface area contributed by atoms with Crippen LogP contribution in [0, 0.1) is 0 Å². The molecule has 4 nitrogen and oxygen atoms in total. The van der Waals surface area contributed by atoms with Crippen molar-refractivity contribution in [3.05, 3.63) is 23.9 Å². The molecular formula is C14H22N2O2. The molecule has 0 bridgehead atoms. The molecule has 0 aliphatic heterocycles. The molecule has 1 heterocycles. The van der Waals surface area contributed by atoms with E-state index in [-0.39, 0.29) is 5.78 Å². The zero-order chi connectivity index (χ0) is 13.8. The van der Waals surface area contributed by atoms with E-state index in [4.69, 9.17) is 0 Å². The molecule has 4 heteroatoms.